The zero-order valence-electron chi connectivity index (χ0n) is 10.1. The number of carbonyl (C=O) groups is 1. The van der Waals surface area contributed by atoms with Crippen molar-refractivity contribution in [1.29, 1.82) is 0 Å². The van der Waals surface area contributed by atoms with Crippen molar-refractivity contribution in [2.24, 2.45) is 0 Å². The van der Waals surface area contributed by atoms with Gasteiger partial charge in [-0.2, -0.15) is 0 Å². The molecule has 0 bridgehead atoms. The molecular weight excluding hydrogens is 188 g/mol. The molecule has 0 amide bonds. The monoisotopic (exact) mass is 208 g/mol. The van der Waals surface area contributed by atoms with Crippen molar-refractivity contribution < 1.29 is 10.9 Å². The van der Waals surface area contributed by atoms with Crippen LogP contribution >= 0.6 is 0 Å². The average Bonchev–Trinajstić information content (AvgIpc) is 2.34. The molecule has 0 fully saturated rings. The number of ether oxygens (including phenoxy) is 1. The Labute approximate surface area is 92.7 Å². The summed E-state index contributed by atoms with van der Waals surface area (Å²) in [6.07, 6.45) is 2.25. The third-order valence-corrected chi connectivity index (χ3v) is 2.08. The first-order chi connectivity index (χ1) is 7.74. The van der Waals surface area contributed by atoms with Gasteiger partial charge in [-0.05, 0) is 12.0 Å². The Bertz CT molecular complexity index is 311. The van der Waals surface area contributed by atoms with Gasteiger partial charge in [0.15, 0.2) is 5.78 Å². The highest BCUT2D eigenvalue weighted by molar-refractivity contribution is 5.79. The smallest absolute Gasteiger partial charge is 0.158 e. The molecule has 0 spiro atoms. The lowest BCUT2D eigenvalue weighted by Gasteiger charge is -2.03. The molecule has 0 aliphatic heterocycles. The molecule has 0 N–H and O–H groups in total. The fourth-order valence-corrected chi connectivity index (χ4v) is 1.22. The van der Waals surface area contributed by atoms with E-state index < -0.39 is 6.58 Å². The highest BCUT2D eigenvalue weighted by atomic mass is 16.5. The van der Waals surface area contributed by atoms with Crippen molar-refractivity contribution in [3.05, 3.63) is 35.9 Å². The summed E-state index contributed by atoms with van der Waals surface area (Å²) in [6, 6.07) is 9.59. The zero-order valence-corrected chi connectivity index (χ0v) is 9.11. The van der Waals surface area contributed by atoms with Crippen LogP contribution in [0.15, 0.2) is 30.3 Å². The Balaban J connectivity index is 2.29. The summed E-state index contributed by atoms with van der Waals surface area (Å²) in [5.74, 6) is -0.127. The number of benzene rings is 1. The van der Waals surface area contributed by atoms with Crippen LogP contribution in [0.25, 0.3) is 0 Å². The second kappa shape index (κ2) is 7.18. The Kier molecular flexibility index (Phi) is 4.97. The summed E-state index contributed by atoms with van der Waals surface area (Å²) >= 11 is 0. The van der Waals surface area contributed by atoms with Gasteiger partial charge in [0, 0.05) is 6.42 Å². The van der Waals surface area contributed by atoms with Gasteiger partial charge in [-0.1, -0.05) is 43.7 Å². The number of carbonyl (C=O) groups excluding carboxylic acids is 1. The van der Waals surface area contributed by atoms with Crippen LogP contribution in [0.2, 0.25) is 0 Å². The molecule has 2 nitrogen and oxygen atoms in total. The van der Waals surface area contributed by atoms with Crippen LogP contribution in [0.5, 0.6) is 0 Å². The molecule has 1 aromatic rings. The molecule has 0 aromatic heterocycles. The maximum Gasteiger partial charge on any atom is 0.158 e. The molecule has 15 heavy (non-hydrogen) atoms. The fourth-order valence-electron chi connectivity index (χ4n) is 1.22. The van der Waals surface area contributed by atoms with Gasteiger partial charge in [0.25, 0.3) is 0 Å². The van der Waals surface area contributed by atoms with Crippen LogP contribution in [-0.2, 0) is 16.1 Å². The van der Waals surface area contributed by atoms with Gasteiger partial charge in [-0.3, -0.25) is 4.79 Å². The lowest BCUT2D eigenvalue weighted by molar-refractivity contribution is -0.124. The minimum Gasteiger partial charge on any atom is -0.369 e. The van der Waals surface area contributed by atoms with Crippen LogP contribution in [0.1, 0.15) is 33.1 Å². The van der Waals surface area contributed by atoms with Gasteiger partial charge < -0.3 is 4.74 Å². The van der Waals surface area contributed by atoms with Gasteiger partial charge in [0.1, 0.15) is 6.58 Å². The van der Waals surface area contributed by atoms with Gasteiger partial charge in [-0.15, -0.1) is 0 Å². The van der Waals surface area contributed by atoms with E-state index >= 15 is 0 Å². The predicted molar refractivity (Wildman–Crippen MR) is 60.6 cm³/mol. The fraction of sp³-hybridized carbons (Fsp3) is 0.462. The molecule has 1 aromatic carbocycles. The maximum atomic E-state index is 11.4. The molecule has 0 heterocycles. The van der Waals surface area contributed by atoms with E-state index in [2.05, 4.69) is 0 Å². The van der Waals surface area contributed by atoms with Crippen LogP contribution in [-0.4, -0.2) is 12.4 Å². The summed E-state index contributed by atoms with van der Waals surface area (Å²) in [4.78, 5) is 11.4. The number of rotatable bonds is 7. The van der Waals surface area contributed by atoms with Gasteiger partial charge >= 0.3 is 0 Å². The average molecular weight is 208 g/mol. The van der Waals surface area contributed by atoms with Crippen molar-refractivity contribution in [2.75, 3.05) is 6.58 Å². The van der Waals surface area contributed by atoms with Gasteiger partial charge in [0.05, 0.1) is 7.98 Å². The molecule has 0 aliphatic rings. The minimum atomic E-state index is -1.04. The Morgan fingerprint density at radius 2 is 2.13 bits per heavy atom. The highest BCUT2D eigenvalue weighted by Crippen LogP contribution is 2.01. The van der Waals surface area contributed by atoms with Crippen LogP contribution in [0.3, 0.4) is 0 Å². The van der Waals surface area contributed by atoms with E-state index in [1.54, 1.807) is 0 Å². The Hall–Kier alpha value is -1.15. The summed E-state index contributed by atoms with van der Waals surface area (Å²) in [7, 11) is 0. The normalized spacial score (nSPS) is 13.3. The van der Waals surface area contributed by atoms with Crippen molar-refractivity contribution in [3.8, 4) is 0 Å². The van der Waals surface area contributed by atoms with E-state index in [-0.39, 0.29) is 5.78 Å². The summed E-state index contributed by atoms with van der Waals surface area (Å²) < 4.78 is 12.7. The maximum absolute atomic E-state index is 11.4. The standard InChI is InChI=1S/C13H18O2/c1-2-3-9-13(14)11-15-10-12-7-5-4-6-8-12/h4-8H,2-3,9-11H2,1H3/i11T. The van der Waals surface area contributed by atoms with Gasteiger partial charge in [0.2, 0.25) is 0 Å². The summed E-state index contributed by atoms with van der Waals surface area (Å²) in [6.45, 7) is 1.32. The van der Waals surface area contributed by atoms with E-state index in [0.29, 0.717) is 13.0 Å². The van der Waals surface area contributed by atoms with E-state index in [4.69, 9.17) is 6.11 Å². The Morgan fingerprint density at radius 3 is 2.80 bits per heavy atom. The van der Waals surface area contributed by atoms with Crippen molar-refractivity contribution >= 4 is 5.78 Å². The van der Waals surface area contributed by atoms with E-state index in [1.165, 1.54) is 0 Å². The summed E-state index contributed by atoms with van der Waals surface area (Å²) in [5.41, 5.74) is 0.989. The molecule has 2 heteroatoms. The zero-order chi connectivity index (χ0) is 11.8. The molecule has 0 aliphatic carbocycles. The number of hydrogen-bond acceptors (Lipinski definition) is 2. The largest absolute Gasteiger partial charge is 0.369 e. The van der Waals surface area contributed by atoms with Crippen molar-refractivity contribution in [3.63, 3.8) is 0 Å². The number of unbranched alkanes of at least 4 members (excludes halogenated alkanes) is 1. The first kappa shape index (κ1) is 10.4. The molecule has 0 saturated carbocycles. The number of Topliss-reactive ketones (excluding diaryl/α,β-unsaturated/α-hetero) is 1. The van der Waals surface area contributed by atoms with Crippen molar-refractivity contribution in [1.82, 2.24) is 0 Å². The molecular formula is C13H18O2. The molecule has 82 valence electrons. The lowest BCUT2D eigenvalue weighted by Crippen LogP contribution is -2.08. The number of ketones is 1. The molecule has 0 radical (unpaired) electrons. The number of hydrogen-bond donors (Lipinski definition) is 0. The van der Waals surface area contributed by atoms with Crippen LogP contribution < -0.4 is 0 Å². The summed E-state index contributed by atoms with van der Waals surface area (Å²) in [5, 5.41) is 0. The first-order valence-corrected chi connectivity index (χ1v) is 5.34. The molecule has 0 saturated heterocycles. The molecule has 1 atom stereocenters. The third-order valence-electron chi connectivity index (χ3n) is 2.08. The van der Waals surface area contributed by atoms with Gasteiger partial charge in [-0.25, -0.2) is 0 Å². The van der Waals surface area contributed by atoms with Crippen LogP contribution in [0, 0.1) is 0 Å². The first-order valence-electron chi connectivity index (χ1n) is 5.92. The SMILES string of the molecule is [3H]C(OCc1ccccc1)C(=O)CCCC. The molecule has 1 rings (SSSR count). The lowest BCUT2D eigenvalue weighted by atomic mass is 10.2. The van der Waals surface area contributed by atoms with Crippen molar-refractivity contribution in [2.45, 2.75) is 32.8 Å². The van der Waals surface area contributed by atoms with E-state index in [1.807, 2.05) is 37.3 Å². The Morgan fingerprint density at radius 1 is 1.40 bits per heavy atom. The van der Waals surface area contributed by atoms with Crippen LogP contribution in [0.4, 0.5) is 0 Å². The highest BCUT2D eigenvalue weighted by Gasteiger charge is 2.00. The molecule has 1 unspecified atom stereocenters. The van der Waals surface area contributed by atoms with E-state index in [9.17, 15) is 4.79 Å². The topological polar surface area (TPSA) is 26.3 Å². The second-order valence-electron chi connectivity index (χ2n) is 3.48. The second-order valence-corrected chi connectivity index (χ2v) is 3.48. The predicted octanol–water partition coefficient (Wildman–Crippen LogP) is 2.96. The minimum absolute atomic E-state index is 0.127. The third kappa shape index (κ3) is 5.33. The van der Waals surface area contributed by atoms with E-state index in [0.717, 1.165) is 18.4 Å². The quantitative estimate of drug-likeness (QED) is 0.688.